The summed E-state index contributed by atoms with van der Waals surface area (Å²) in [6.07, 6.45) is 6.26. The average molecular weight is 471 g/mol. The number of benzene rings is 2. The molecule has 2 aromatic rings. The van der Waals surface area contributed by atoms with Gasteiger partial charge in [0, 0.05) is 30.6 Å². The first-order chi connectivity index (χ1) is 16.0. The molecule has 7 nitrogen and oxygen atoms in total. The fourth-order valence-corrected chi connectivity index (χ4v) is 6.61. The van der Waals surface area contributed by atoms with Crippen LogP contribution in [0.2, 0.25) is 0 Å². The molecular weight excluding hydrogens is 440 g/mol. The van der Waals surface area contributed by atoms with E-state index in [0.717, 1.165) is 43.4 Å². The molecule has 176 valence electrons. The monoisotopic (exact) mass is 470 g/mol. The third-order valence-corrected chi connectivity index (χ3v) is 8.90. The maximum Gasteiger partial charge on any atom is 0.251 e. The fraction of sp³-hybridized carbons (Fsp3) is 0.480. The molecule has 1 N–H and O–H groups in total. The Hall–Kier alpha value is -2.42. The Morgan fingerprint density at radius 2 is 1.67 bits per heavy atom. The first-order valence-corrected chi connectivity index (χ1v) is 13.2. The van der Waals surface area contributed by atoms with Gasteiger partial charge in [0.25, 0.3) is 5.91 Å². The number of rotatable bonds is 4. The Labute approximate surface area is 195 Å². The highest BCUT2D eigenvalue weighted by Gasteiger charge is 2.42. The average Bonchev–Trinajstić information content (AvgIpc) is 2.85. The zero-order valence-electron chi connectivity index (χ0n) is 18.7. The van der Waals surface area contributed by atoms with Crippen LogP contribution >= 0.6 is 0 Å². The molecule has 5 rings (SSSR count). The topological polar surface area (TPSA) is 84.9 Å². The number of hydrogen-bond donors (Lipinski definition) is 1. The van der Waals surface area contributed by atoms with Gasteiger partial charge in [-0.25, -0.2) is 8.42 Å². The number of fused-ring (bicyclic) bond motifs is 1. The molecule has 2 aliphatic heterocycles. The fourth-order valence-electron chi connectivity index (χ4n) is 5.21. The number of nitrogens with one attached hydrogen (secondary N) is 1. The van der Waals surface area contributed by atoms with Gasteiger partial charge < -0.3 is 14.8 Å². The van der Waals surface area contributed by atoms with E-state index in [4.69, 9.17) is 9.47 Å². The zero-order valence-corrected chi connectivity index (χ0v) is 19.5. The van der Waals surface area contributed by atoms with Crippen LogP contribution in [0.25, 0.3) is 0 Å². The van der Waals surface area contributed by atoms with E-state index in [1.807, 2.05) is 24.3 Å². The van der Waals surface area contributed by atoms with Gasteiger partial charge >= 0.3 is 0 Å². The van der Waals surface area contributed by atoms with Crippen LogP contribution in [0.1, 0.15) is 60.5 Å². The maximum atomic E-state index is 13.1. The molecule has 8 heteroatoms. The van der Waals surface area contributed by atoms with Gasteiger partial charge in [0.1, 0.15) is 11.4 Å². The lowest BCUT2D eigenvalue weighted by Crippen LogP contribution is -2.46. The van der Waals surface area contributed by atoms with Gasteiger partial charge in [0.15, 0.2) is 0 Å². The molecule has 1 atom stereocenters. The number of amides is 1. The van der Waals surface area contributed by atoms with Crippen LogP contribution in [0.5, 0.6) is 5.75 Å². The van der Waals surface area contributed by atoms with Gasteiger partial charge in [0.2, 0.25) is 10.0 Å². The third-order valence-electron chi connectivity index (χ3n) is 6.99. The molecular formula is C25H30N2O5S. The molecule has 1 saturated carbocycles. The lowest BCUT2D eigenvalue weighted by Gasteiger charge is -2.44. The largest absolute Gasteiger partial charge is 0.487 e. The molecule has 0 radical (unpaired) electrons. The highest BCUT2D eigenvalue weighted by molar-refractivity contribution is 7.89. The number of carbonyl (C=O) groups excluding carboxylic acids is 1. The van der Waals surface area contributed by atoms with E-state index in [0.29, 0.717) is 31.9 Å². The third kappa shape index (κ3) is 4.52. The zero-order chi connectivity index (χ0) is 22.9. The normalized spacial score (nSPS) is 22.8. The summed E-state index contributed by atoms with van der Waals surface area (Å²) in [6.45, 7) is 1.48. The molecule has 1 aliphatic carbocycles. The summed E-state index contributed by atoms with van der Waals surface area (Å²) in [7, 11) is -3.59. The summed E-state index contributed by atoms with van der Waals surface area (Å²) >= 11 is 0. The van der Waals surface area contributed by atoms with Crippen LogP contribution in [0.3, 0.4) is 0 Å². The van der Waals surface area contributed by atoms with E-state index in [1.54, 1.807) is 12.1 Å². The minimum absolute atomic E-state index is 0.141. The molecule has 0 bridgehead atoms. The van der Waals surface area contributed by atoms with Crippen molar-refractivity contribution in [2.24, 2.45) is 0 Å². The summed E-state index contributed by atoms with van der Waals surface area (Å²) in [5.74, 6) is 0.640. The molecule has 0 aromatic heterocycles. The standard InChI is InChI=1S/C25H30N2O5S/c28-24(19-8-10-20(11-9-19)33(29,30)27-14-16-31-17-15-27)26-22-18-25(12-4-1-5-13-25)32-23-7-3-2-6-21(22)23/h2-3,6-11,22H,1,4-5,12-18H2,(H,26,28)/t22-/m1/s1. The molecule has 33 heavy (non-hydrogen) atoms. The van der Waals surface area contributed by atoms with Gasteiger partial charge in [-0.05, 0) is 56.0 Å². The van der Waals surface area contributed by atoms with Crippen molar-refractivity contribution in [1.82, 2.24) is 9.62 Å². The first-order valence-electron chi connectivity index (χ1n) is 11.7. The van der Waals surface area contributed by atoms with Crippen LogP contribution in [-0.4, -0.2) is 50.5 Å². The minimum Gasteiger partial charge on any atom is -0.487 e. The van der Waals surface area contributed by atoms with Gasteiger partial charge in [-0.15, -0.1) is 0 Å². The summed E-state index contributed by atoms with van der Waals surface area (Å²) < 4.78 is 38.8. The van der Waals surface area contributed by atoms with E-state index in [1.165, 1.54) is 22.9 Å². The Balaban J connectivity index is 1.33. The number of sulfonamides is 1. The lowest BCUT2D eigenvalue weighted by molar-refractivity contribution is -0.00210. The molecule has 2 aromatic carbocycles. The Kier molecular flexibility index (Phi) is 6.16. The molecule has 1 amide bonds. The Morgan fingerprint density at radius 1 is 0.970 bits per heavy atom. The van der Waals surface area contributed by atoms with Crippen LogP contribution in [0.15, 0.2) is 53.4 Å². The van der Waals surface area contributed by atoms with Crippen molar-refractivity contribution in [2.45, 2.75) is 55.1 Å². The maximum absolute atomic E-state index is 13.1. The van der Waals surface area contributed by atoms with Crippen molar-refractivity contribution < 1.29 is 22.7 Å². The van der Waals surface area contributed by atoms with Crippen LogP contribution in [-0.2, 0) is 14.8 Å². The minimum atomic E-state index is -3.59. The van der Waals surface area contributed by atoms with E-state index in [2.05, 4.69) is 5.32 Å². The molecule has 3 aliphatic rings. The van der Waals surface area contributed by atoms with Crippen molar-refractivity contribution in [3.63, 3.8) is 0 Å². The molecule has 2 fully saturated rings. The predicted molar refractivity (Wildman–Crippen MR) is 124 cm³/mol. The summed E-state index contributed by atoms with van der Waals surface area (Å²) in [4.78, 5) is 13.3. The van der Waals surface area contributed by atoms with Crippen molar-refractivity contribution in [2.75, 3.05) is 26.3 Å². The molecule has 2 heterocycles. The highest BCUT2D eigenvalue weighted by atomic mass is 32.2. The van der Waals surface area contributed by atoms with Gasteiger partial charge in [0.05, 0.1) is 24.2 Å². The molecule has 0 unspecified atom stereocenters. The van der Waals surface area contributed by atoms with E-state index in [-0.39, 0.29) is 22.4 Å². The van der Waals surface area contributed by atoms with Gasteiger partial charge in [-0.1, -0.05) is 24.6 Å². The van der Waals surface area contributed by atoms with E-state index < -0.39 is 10.0 Å². The van der Waals surface area contributed by atoms with Crippen molar-refractivity contribution in [3.05, 3.63) is 59.7 Å². The second kappa shape index (κ2) is 9.08. The summed E-state index contributed by atoms with van der Waals surface area (Å²) in [6, 6.07) is 14.0. The van der Waals surface area contributed by atoms with Gasteiger partial charge in [-0.3, -0.25) is 4.79 Å². The number of ether oxygens (including phenoxy) is 2. The second-order valence-electron chi connectivity index (χ2n) is 9.15. The number of hydrogen-bond acceptors (Lipinski definition) is 5. The summed E-state index contributed by atoms with van der Waals surface area (Å²) in [5.41, 5.74) is 1.21. The molecule has 1 spiro atoms. The Morgan fingerprint density at radius 3 is 2.39 bits per heavy atom. The van der Waals surface area contributed by atoms with Crippen molar-refractivity contribution in [1.29, 1.82) is 0 Å². The predicted octanol–water partition coefficient (Wildman–Crippen LogP) is 3.66. The van der Waals surface area contributed by atoms with Crippen LogP contribution in [0, 0.1) is 0 Å². The smallest absolute Gasteiger partial charge is 0.251 e. The van der Waals surface area contributed by atoms with Crippen LogP contribution < -0.4 is 10.1 Å². The quantitative estimate of drug-likeness (QED) is 0.737. The summed E-state index contributed by atoms with van der Waals surface area (Å²) in [5, 5.41) is 3.19. The van der Waals surface area contributed by atoms with Crippen molar-refractivity contribution in [3.8, 4) is 5.75 Å². The number of para-hydroxylation sites is 1. The highest BCUT2D eigenvalue weighted by Crippen LogP contribution is 2.46. The first kappa shape index (κ1) is 22.4. The van der Waals surface area contributed by atoms with Crippen molar-refractivity contribution >= 4 is 15.9 Å². The van der Waals surface area contributed by atoms with E-state index in [9.17, 15) is 13.2 Å². The Bertz CT molecular complexity index is 1100. The SMILES string of the molecule is O=C(N[C@@H]1CC2(CCCCC2)Oc2ccccc21)c1ccc(S(=O)(=O)N2CCOCC2)cc1. The molecule has 1 saturated heterocycles. The van der Waals surface area contributed by atoms with Crippen LogP contribution in [0.4, 0.5) is 0 Å². The lowest BCUT2D eigenvalue weighted by atomic mass is 9.77. The second-order valence-corrected chi connectivity index (χ2v) is 11.1. The number of nitrogens with zero attached hydrogens (tertiary/aromatic N) is 1. The van der Waals surface area contributed by atoms with Gasteiger partial charge in [-0.2, -0.15) is 4.31 Å². The number of morpholine rings is 1. The number of carbonyl (C=O) groups is 1. The van der Waals surface area contributed by atoms with E-state index >= 15 is 0 Å².